The van der Waals surface area contributed by atoms with Crippen LogP contribution in [-0.4, -0.2) is 17.1 Å². The maximum Gasteiger partial charge on any atom is 0.161 e. The van der Waals surface area contributed by atoms with E-state index < -0.39 is 5.82 Å². The lowest BCUT2D eigenvalue weighted by Gasteiger charge is -2.08. The second-order valence-corrected chi connectivity index (χ2v) is 5.02. The molecule has 0 saturated heterocycles. The van der Waals surface area contributed by atoms with Gasteiger partial charge in [-0.15, -0.1) is 0 Å². The van der Waals surface area contributed by atoms with Crippen LogP contribution in [0.5, 0.6) is 5.75 Å². The molecule has 0 fully saturated rings. The first-order chi connectivity index (χ1) is 10.1. The van der Waals surface area contributed by atoms with E-state index in [4.69, 9.17) is 16.3 Å². The van der Waals surface area contributed by atoms with Crippen molar-refractivity contribution in [2.45, 2.75) is 6.92 Å². The smallest absolute Gasteiger partial charge is 0.161 e. The normalized spacial score (nSPS) is 10.9. The SMILES string of the molecule is COc1cccc(-c2nc(Cl)c3c(F)ccc(C)c3n2)c1. The summed E-state index contributed by atoms with van der Waals surface area (Å²) in [5.41, 5.74) is 2.13. The van der Waals surface area contributed by atoms with E-state index in [0.717, 1.165) is 11.1 Å². The third-order valence-corrected chi connectivity index (χ3v) is 3.56. The summed E-state index contributed by atoms with van der Waals surface area (Å²) in [5, 5.41) is 0.363. The van der Waals surface area contributed by atoms with Gasteiger partial charge in [-0.25, -0.2) is 14.4 Å². The van der Waals surface area contributed by atoms with Gasteiger partial charge in [0.2, 0.25) is 0 Å². The number of ether oxygens (including phenoxy) is 1. The van der Waals surface area contributed by atoms with Crippen molar-refractivity contribution < 1.29 is 9.13 Å². The largest absolute Gasteiger partial charge is 0.497 e. The Hall–Kier alpha value is -2.20. The average Bonchev–Trinajstić information content (AvgIpc) is 2.50. The Labute approximate surface area is 126 Å². The number of rotatable bonds is 2. The van der Waals surface area contributed by atoms with Crippen LogP contribution in [0.15, 0.2) is 36.4 Å². The number of hydrogen-bond acceptors (Lipinski definition) is 3. The number of methoxy groups -OCH3 is 1. The number of halogens is 2. The highest BCUT2D eigenvalue weighted by molar-refractivity contribution is 6.34. The van der Waals surface area contributed by atoms with Crippen LogP contribution < -0.4 is 4.74 Å². The van der Waals surface area contributed by atoms with E-state index in [9.17, 15) is 4.39 Å². The molecule has 1 aromatic heterocycles. The summed E-state index contributed by atoms with van der Waals surface area (Å²) in [7, 11) is 1.59. The fourth-order valence-corrected chi connectivity index (χ4v) is 2.44. The molecule has 0 unspecified atom stereocenters. The van der Waals surface area contributed by atoms with Crippen LogP contribution in [-0.2, 0) is 0 Å². The Bertz CT molecular complexity index is 836. The quantitative estimate of drug-likeness (QED) is 0.658. The molecule has 0 bridgehead atoms. The molecule has 0 atom stereocenters. The van der Waals surface area contributed by atoms with Crippen molar-refractivity contribution >= 4 is 22.5 Å². The van der Waals surface area contributed by atoms with Crippen molar-refractivity contribution in [2.75, 3.05) is 7.11 Å². The van der Waals surface area contributed by atoms with Crippen LogP contribution in [0.2, 0.25) is 5.15 Å². The molecule has 0 amide bonds. The van der Waals surface area contributed by atoms with Crippen LogP contribution in [0.25, 0.3) is 22.3 Å². The number of benzene rings is 2. The number of aryl methyl sites for hydroxylation is 1. The highest BCUT2D eigenvalue weighted by Crippen LogP contribution is 2.29. The van der Waals surface area contributed by atoms with Crippen molar-refractivity contribution in [3.8, 4) is 17.1 Å². The summed E-state index contributed by atoms with van der Waals surface area (Å²) in [6, 6.07) is 10.4. The molecule has 106 valence electrons. The van der Waals surface area contributed by atoms with Gasteiger partial charge in [-0.05, 0) is 30.7 Å². The Morgan fingerprint density at radius 2 is 1.95 bits per heavy atom. The van der Waals surface area contributed by atoms with Crippen LogP contribution in [0, 0.1) is 12.7 Å². The maximum absolute atomic E-state index is 13.9. The van der Waals surface area contributed by atoms with E-state index in [1.54, 1.807) is 13.2 Å². The highest BCUT2D eigenvalue weighted by atomic mass is 35.5. The third-order valence-electron chi connectivity index (χ3n) is 3.28. The monoisotopic (exact) mass is 302 g/mol. The van der Waals surface area contributed by atoms with Gasteiger partial charge >= 0.3 is 0 Å². The molecule has 0 saturated carbocycles. The Balaban J connectivity index is 2.27. The predicted octanol–water partition coefficient (Wildman–Crippen LogP) is 4.41. The Kier molecular flexibility index (Phi) is 3.47. The molecule has 0 radical (unpaired) electrons. The van der Waals surface area contributed by atoms with Gasteiger partial charge in [0.25, 0.3) is 0 Å². The van der Waals surface area contributed by atoms with Crippen molar-refractivity contribution in [3.63, 3.8) is 0 Å². The molecule has 3 rings (SSSR count). The minimum absolute atomic E-state index is 0.110. The second kappa shape index (κ2) is 5.30. The zero-order valence-electron chi connectivity index (χ0n) is 11.5. The van der Waals surface area contributed by atoms with Crippen molar-refractivity contribution in [1.29, 1.82) is 0 Å². The second-order valence-electron chi connectivity index (χ2n) is 4.66. The summed E-state index contributed by atoms with van der Waals surface area (Å²) in [4.78, 5) is 8.66. The Morgan fingerprint density at radius 1 is 1.14 bits per heavy atom. The molecule has 2 aromatic carbocycles. The molecular weight excluding hydrogens is 291 g/mol. The van der Waals surface area contributed by atoms with Crippen LogP contribution in [0.1, 0.15) is 5.56 Å². The highest BCUT2D eigenvalue weighted by Gasteiger charge is 2.13. The van der Waals surface area contributed by atoms with Gasteiger partial charge in [0.1, 0.15) is 16.7 Å². The molecule has 0 N–H and O–H groups in total. The van der Waals surface area contributed by atoms with E-state index in [1.165, 1.54) is 6.07 Å². The molecule has 1 heterocycles. The van der Waals surface area contributed by atoms with E-state index in [1.807, 2.05) is 31.2 Å². The minimum Gasteiger partial charge on any atom is -0.497 e. The molecular formula is C16H12ClFN2O. The zero-order chi connectivity index (χ0) is 15.0. The topological polar surface area (TPSA) is 35.0 Å². The van der Waals surface area contributed by atoms with E-state index >= 15 is 0 Å². The predicted molar refractivity (Wildman–Crippen MR) is 81.2 cm³/mol. The average molecular weight is 303 g/mol. The molecule has 0 aliphatic heterocycles. The van der Waals surface area contributed by atoms with Gasteiger partial charge < -0.3 is 4.74 Å². The standard InChI is InChI=1S/C16H12ClFN2O/c1-9-6-7-12(18)13-14(9)19-16(20-15(13)17)10-4-3-5-11(8-10)21-2/h3-8H,1-2H3. The van der Waals surface area contributed by atoms with Crippen molar-refractivity contribution in [3.05, 3.63) is 52.9 Å². The van der Waals surface area contributed by atoms with Gasteiger partial charge in [-0.1, -0.05) is 29.8 Å². The lowest BCUT2D eigenvalue weighted by Crippen LogP contribution is -1.96. The molecule has 5 heteroatoms. The molecule has 0 aliphatic carbocycles. The molecule has 0 spiro atoms. The third kappa shape index (κ3) is 2.43. The first-order valence-electron chi connectivity index (χ1n) is 6.37. The fraction of sp³-hybridized carbons (Fsp3) is 0.125. The number of aromatic nitrogens is 2. The number of hydrogen-bond donors (Lipinski definition) is 0. The van der Waals surface area contributed by atoms with Gasteiger partial charge in [0.05, 0.1) is 18.0 Å². The first-order valence-corrected chi connectivity index (χ1v) is 6.74. The molecule has 3 aromatic rings. The number of nitrogens with zero attached hydrogens (tertiary/aromatic N) is 2. The van der Waals surface area contributed by atoms with E-state index in [2.05, 4.69) is 9.97 Å². The fourth-order valence-electron chi connectivity index (χ4n) is 2.18. The summed E-state index contributed by atoms with van der Waals surface area (Å²) >= 11 is 6.14. The van der Waals surface area contributed by atoms with Gasteiger partial charge in [0, 0.05) is 5.56 Å². The summed E-state index contributed by atoms with van der Waals surface area (Å²) in [6.45, 7) is 1.86. The minimum atomic E-state index is -0.419. The van der Waals surface area contributed by atoms with Crippen molar-refractivity contribution in [2.24, 2.45) is 0 Å². The van der Waals surface area contributed by atoms with Crippen LogP contribution in [0.4, 0.5) is 4.39 Å². The summed E-state index contributed by atoms with van der Waals surface area (Å²) in [6.07, 6.45) is 0. The van der Waals surface area contributed by atoms with E-state index in [-0.39, 0.29) is 10.5 Å². The Morgan fingerprint density at radius 3 is 2.71 bits per heavy atom. The van der Waals surface area contributed by atoms with E-state index in [0.29, 0.717) is 17.1 Å². The van der Waals surface area contributed by atoms with Gasteiger partial charge in [0.15, 0.2) is 5.82 Å². The zero-order valence-corrected chi connectivity index (χ0v) is 12.3. The van der Waals surface area contributed by atoms with Gasteiger partial charge in [-0.3, -0.25) is 0 Å². The lowest BCUT2D eigenvalue weighted by atomic mass is 10.1. The maximum atomic E-state index is 13.9. The first kappa shape index (κ1) is 13.8. The lowest BCUT2D eigenvalue weighted by molar-refractivity contribution is 0.415. The molecule has 0 aliphatic rings. The van der Waals surface area contributed by atoms with Crippen LogP contribution in [0.3, 0.4) is 0 Å². The summed E-state index contributed by atoms with van der Waals surface area (Å²) < 4.78 is 19.1. The molecule has 3 nitrogen and oxygen atoms in total. The van der Waals surface area contributed by atoms with Crippen molar-refractivity contribution in [1.82, 2.24) is 9.97 Å². The molecule has 21 heavy (non-hydrogen) atoms. The van der Waals surface area contributed by atoms with Crippen LogP contribution >= 0.6 is 11.6 Å². The summed E-state index contributed by atoms with van der Waals surface area (Å²) in [5.74, 6) is 0.723. The van der Waals surface area contributed by atoms with Gasteiger partial charge in [-0.2, -0.15) is 0 Å². The number of fused-ring (bicyclic) bond motifs is 1.